The third-order valence-corrected chi connectivity index (χ3v) is 3.06. The van der Waals surface area contributed by atoms with Crippen LogP contribution in [0.5, 0.6) is 0 Å². The SMILES string of the molecule is CCC1(C)CC(C(C)O)CCO1. The van der Waals surface area contributed by atoms with Crippen molar-refractivity contribution < 1.29 is 9.84 Å². The summed E-state index contributed by atoms with van der Waals surface area (Å²) in [4.78, 5) is 0. The molecule has 0 radical (unpaired) electrons. The Morgan fingerprint density at radius 3 is 2.83 bits per heavy atom. The van der Waals surface area contributed by atoms with E-state index in [-0.39, 0.29) is 11.7 Å². The van der Waals surface area contributed by atoms with E-state index in [1.807, 2.05) is 6.92 Å². The monoisotopic (exact) mass is 172 g/mol. The maximum Gasteiger partial charge on any atom is 0.0655 e. The molecular weight excluding hydrogens is 152 g/mol. The molecule has 1 aliphatic heterocycles. The second kappa shape index (κ2) is 3.75. The van der Waals surface area contributed by atoms with E-state index in [2.05, 4.69) is 13.8 Å². The second-order valence-electron chi connectivity index (χ2n) is 4.15. The molecule has 1 rings (SSSR count). The minimum Gasteiger partial charge on any atom is -0.393 e. The molecule has 1 fully saturated rings. The minimum absolute atomic E-state index is 0.0138. The Labute approximate surface area is 74.9 Å². The van der Waals surface area contributed by atoms with Crippen LogP contribution in [0.3, 0.4) is 0 Å². The summed E-state index contributed by atoms with van der Waals surface area (Å²) >= 11 is 0. The Balaban J connectivity index is 2.51. The molecule has 0 aromatic rings. The summed E-state index contributed by atoms with van der Waals surface area (Å²) in [5.74, 6) is 0.434. The second-order valence-corrected chi connectivity index (χ2v) is 4.15. The van der Waals surface area contributed by atoms with Gasteiger partial charge in [0.05, 0.1) is 11.7 Å². The highest BCUT2D eigenvalue weighted by molar-refractivity contribution is 4.83. The first-order valence-corrected chi connectivity index (χ1v) is 4.89. The third-order valence-electron chi connectivity index (χ3n) is 3.06. The lowest BCUT2D eigenvalue weighted by Crippen LogP contribution is -2.39. The topological polar surface area (TPSA) is 29.5 Å². The standard InChI is InChI=1S/C10H20O2/c1-4-10(3)7-9(8(2)11)5-6-12-10/h8-9,11H,4-7H2,1-3H3. The van der Waals surface area contributed by atoms with Crippen molar-refractivity contribution in [2.45, 2.75) is 51.7 Å². The van der Waals surface area contributed by atoms with Crippen molar-refractivity contribution in [3.63, 3.8) is 0 Å². The van der Waals surface area contributed by atoms with E-state index >= 15 is 0 Å². The molecule has 1 N–H and O–H groups in total. The smallest absolute Gasteiger partial charge is 0.0655 e. The minimum atomic E-state index is -0.181. The van der Waals surface area contributed by atoms with Gasteiger partial charge in [-0.2, -0.15) is 0 Å². The molecule has 0 spiro atoms. The molecule has 1 heterocycles. The molecule has 1 aliphatic rings. The van der Waals surface area contributed by atoms with E-state index in [9.17, 15) is 5.11 Å². The van der Waals surface area contributed by atoms with E-state index in [0.717, 1.165) is 25.9 Å². The first-order chi connectivity index (χ1) is 5.57. The molecule has 1 saturated heterocycles. The van der Waals surface area contributed by atoms with Crippen molar-refractivity contribution in [2.24, 2.45) is 5.92 Å². The number of hydrogen-bond donors (Lipinski definition) is 1. The lowest BCUT2D eigenvalue weighted by atomic mass is 9.83. The van der Waals surface area contributed by atoms with Gasteiger partial charge in [0.25, 0.3) is 0 Å². The molecule has 72 valence electrons. The maximum atomic E-state index is 9.45. The van der Waals surface area contributed by atoms with Gasteiger partial charge in [-0.3, -0.25) is 0 Å². The van der Waals surface area contributed by atoms with Crippen LogP contribution >= 0.6 is 0 Å². The number of aliphatic hydroxyl groups excluding tert-OH is 1. The molecule has 3 atom stereocenters. The zero-order chi connectivity index (χ0) is 9.19. The fourth-order valence-electron chi connectivity index (χ4n) is 1.83. The van der Waals surface area contributed by atoms with E-state index < -0.39 is 0 Å². The quantitative estimate of drug-likeness (QED) is 0.690. The Kier molecular flexibility index (Phi) is 3.13. The van der Waals surface area contributed by atoms with Gasteiger partial charge in [-0.25, -0.2) is 0 Å². The molecule has 3 unspecified atom stereocenters. The van der Waals surface area contributed by atoms with Crippen molar-refractivity contribution in [2.75, 3.05) is 6.61 Å². The third kappa shape index (κ3) is 2.20. The van der Waals surface area contributed by atoms with Crippen molar-refractivity contribution in [3.8, 4) is 0 Å². The highest BCUT2D eigenvalue weighted by Gasteiger charge is 2.33. The highest BCUT2D eigenvalue weighted by Crippen LogP contribution is 2.32. The molecule has 0 saturated carbocycles. The zero-order valence-corrected chi connectivity index (χ0v) is 8.34. The number of ether oxygens (including phenoxy) is 1. The van der Waals surface area contributed by atoms with Gasteiger partial charge in [0, 0.05) is 6.61 Å². The van der Waals surface area contributed by atoms with Crippen LogP contribution in [0.1, 0.15) is 40.0 Å². The van der Waals surface area contributed by atoms with Crippen molar-refractivity contribution in [3.05, 3.63) is 0 Å². The summed E-state index contributed by atoms with van der Waals surface area (Å²) in [6.07, 6.45) is 2.87. The van der Waals surface area contributed by atoms with Gasteiger partial charge in [-0.1, -0.05) is 6.92 Å². The Morgan fingerprint density at radius 2 is 2.33 bits per heavy atom. The predicted octanol–water partition coefficient (Wildman–Crippen LogP) is 1.96. The van der Waals surface area contributed by atoms with Gasteiger partial charge in [-0.15, -0.1) is 0 Å². The van der Waals surface area contributed by atoms with Crippen LogP contribution in [0, 0.1) is 5.92 Å². The molecule has 0 aromatic carbocycles. The van der Waals surface area contributed by atoms with Crippen LogP contribution in [0.15, 0.2) is 0 Å². The Hall–Kier alpha value is -0.0800. The van der Waals surface area contributed by atoms with Gasteiger partial charge in [0.2, 0.25) is 0 Å². The van der Waals surface area contributed by atoms with E-state index in [1.54, 1.807) is 0 Å². The molecule has 0 aromatic heterocycles. The van der Waals surface area contributed by atoms with Crippen LogP contribution in [0.4, 0.5) is 0 Å². The van der Waals surface area contributed by atoms with Gasteiger partial charge >= 0.3 is 0 Å². The molecule has 0 aliphatic carbocycles. The van der Waals surface area contributed by atoms with Crippen molar-refractivity contribution >= 4 is 0 Å². The van der Waals surface area contributed by atoms with Gasteiger partial charge in [-0.05, 0) is 39.0 Å². The van der Waals surface area contributed by atoms with E-state index in [0.29, 0.717) is 5.92 Å². The normalized spacial score (nSPS) is 39.5. The first-order valence-electron chi connectivity index (χ1n) is 4.89. The molecular formula is C10H20O2. The van der Waals surface area contributed by atoms with Crippen LogP contribution in [0.2, 0.25) is 0 Å². The largest absolute Gasteiger partial charge is 0.393 e. The lowest BCUT2D eigenvalue weighted by molar-refractivity contribution is -0.105. The summed E-state index contributed by atoms with van der Waals surface area (Å²) < 4.78 is 5.68. The van der Waals surface area contributed by atoms with E-state index in [4.69, 9.17) is 4.74 Å². The summed E-state index contributed by atoms with van der Waals surface area (Å²) in [5, 5.41) is 9.45. The van der Waals surface area contributed by atoms with Crippen molar-refractivity contribution in [1.82, 2.24) is 0 Å². The number of hydrogen-bond acceptors (Lipinski definition) is 2. The number of rotatable bonds is 2. The Bertz CT molecular complexity index is 145. The summed E-state index contributed by atoms with van der Waals surface area (Å²) in [6, 6.07) is 0. The molecule has 2 nitrogen and oxygen atoms in total. The van der Waals surface area contributed by atoms with Crippen molar-refractivity contribution in [1.29, 1.82) is 0 Å². The fourth-order valence-corrected chi connectivity index (χ4v) is 1.83. The summed E-state index contributed by atoms with van der Waals surface area (Å²) in [6.45, 7) is 6.97. The van der Waals surface area contributed by atoms with Crippen LogP contribution < -0.4 is 0 Å². The number of aliphatic hydroxyl groups is 1. The average molecular weight is 172 g/mol. The summed E-state index contributed by atoms with van der Waals surface area (Å²) in [7, 11) is 0. The first kappa shape index (κ1) is 10.0. The summed E-state index contributed by atoms with van der Waals surface area (Å²) in [5.41, 5.74) is 0.0138. The Morgan fingerprint density at radius 1 is 1.67 bits per heavy atom. The fraction of sp³-hybridized carbons (Fsp3) is 1.00. The van der Waals surface area contributed by atoms with Crippen LogP contribution in [-0.2, 0) is 4.74 Å². The zero-order valence-electron chi connectivity index (χ0n) is 8.34. The van der Waals surface area contributed by atoms with Gasteiger partial charge < -0.3 is 9.84 Å². The molecule has 0 bridgehead atoms. The van der Waals surface area contributed by atoms with Gasteiger partial charge in [0.1, 0.15) is 0 Å². The van der Waals surface area contributed by atoms with Crippen LogP contribution in [0.25, 0.3) is 0 Å². The molecule has 12 heavy (non-hydrogen) atoms. The predicted molar refractivity (Wildman–Crippen MR) is 49.1 cm³/mol. The highest BCUT2D eigenvalue weighted by atomic mass is 16.5. The maximum absolute atomic E-state index is 9.45. The van der Waals surface area contributed by atoms with Gasteiger partial charge in [0.15, 0.2) is 0 Å². The lowest BCUT2D eigenvalue weighted by Gasteiger charge is -2.38. The average Bonchev–Trinajstić information content (AvgIpc) is 2.05. The van der Waals surface area contributed by atoms with E-state index in [1.165, 1.54) is 0 Å². The molecule has 0 amide bonds. The molecule has 2 heteroatoms. The van der Waals surface area contributed by atoms with Crippen LogP contribution in [-0.4, -0.2) is 23.4 Å².